The average molecular weight is 318 g/mol. The highest BCUT2D eigenvalue weighted by Gasteiger charge is 2.33. The van der Waals surface area contributed by atoms with Crippen molar-refractivity contribution in [3.63, 3.8) is 0 Å². The van der Waals surface area contributed by atoms with Gasteiger partial charge in [0.2, 0.25) is 0 Å². The zero-order valence-electron chi connectivity index (χ0n) is 11.7. The summed E-state index contributed by atoms with van der Waals surface area (Å²) in [6.07, 6.45) is 5.14. The molecule has 3 N–H and O–H groups in total. The van der Waals surface area contributed by atoms with Crippen molar-refractivity contribution in [2.24, 2.45) is 5.73 Å². The van der Waals surface area contributed by atoms with E-state index >= 15 is 0 Å². The summed E-state index contributed by atoms with van der Waals surface area (Å²) >= 11 is 1.47. The van der Waals surface area contributed by atoms with Crippen LogP contribution in [0.5, 0.6) is 0 Å². The highest BCUT2D eigenvalue weighted by Crippen LogP contribution is 2.24. The molecule has 1 fully saturated rings. The molecule has 6 nitrogen and oxygen atoms in total. The van der Waals surface area contributed by atoms with Crippen LogP contribution in [0.15, 0.2) is 11.6 Å². The standard InChI is InChI=1S/C12H22N4O2S2/c1-2-11(12-14-6-8-19-12)15-20(17,18)16-7-4-3-5-10(16)9-13/h6,8,10-11,15H,2-5,7,9,13H2,1H3. The molecule has 2 unspecified atom stereocenters. The van der Waals surface area contributed by atoms with E-state index in [2.05, 4.69) is 9.71 Å². The molecule has 1 saturated heterocycles. The van der Waals surface area contributed by atoms with Gasteiger partial charge < -0.3 is 5.73 Å². The van der Waals surface area contributed by atoms with Crippen LogP contribution in [0, 0.1) is 0 Å². The largest absolute Gasteiger partial charge is 0.329 e. The Balaban J connectivity index is 2.13. The summed E-state index contributed by atoms with van der Waals surface area (Å²) in [5.74, 6) is 0. The number of hydrogen-bond acceptors (Lipinski definition) is 5. The van der Waals surface area contributed by atoms with E-state index < -0.39 is 10.2 Å². The van der Waals surface area contributed by atoms with E-state index in [0.29, 0.717) is 19.5 Å². The van der Waals surface area contributed by atoms with E-state index in [-0.39, 0.29) is 12.1 Å². The van der Waals surface area contributed by atoms with Crippen LogP contribution in [0.1, 0.15) is 43.7 Å². The van der Waals surface area contributed by atoms with Crippen LogP contribution in [0.3, 0.4) is 0 Å². The quantitative estimate of drug-likeness (QED) is 0.826. The van der Waals surface area contributed by atoms with E-state index in [9.17, 15) is 8.42 Å². The van der Waals surface area contributed by atoms with Crippen LogP contribution in [0.25, 0.3) is 0 Å². The zero-order chi connectivity index (χ0) is 14.6. The van der Waals surface area contributed by atoms with Crippen LogP contribution < -0.4 is 10.5 Å². The fourth-order valence-corrected chi connectivity index (χ4v) is 5.06. The maximum absolute atomic E-state index is 12.6. The Morgan fingerprint density at radius 3 is 3.00 bits per heavy atom. The minimum atomic E-state index is -3.51. The minimum Gasteiger partial charge on any atom is -0.329 e. The SMILES string of the molecule is CCC(NS(=O)(=O)N1CCCCC1CN)c1nccs1. The van der Waals surface area contributed by atoms with Gasteiger partial charge in [-0.15, -0.1) is 11.3 Å². The minimum absolute atomic E-state index is 0.0879. The van der Waals surface area contributed by atoms with E-state index in [1.54, 1.807) is 6.20 Å². The first kappa shape index (κ1) is 15.8. The predicted octanol–water partition coefficient (Wildman–Crippen LogP) is 1.24. The number of nitrogens with zero attached hydrogens (tertiary/aromatic N) is 2. The Morgan fingerprint density at radius 2 is 2.40 bits per heavy atom. The number of hydrogen-bond donors (Lipinski definition) is 2. The summed E-state index contributed by atoms with van der Waals surface area (Å²) in [5.41, 5.74) is 5.70. The molecule has 114 valence electrons. The molecule has 8 heteroatoms. The Kier molecular flexibility index (Phi) is 5.50. The van der Waals surface area contributed by atoms with Gasteiger partial charge in [0.1, 0.15) is 5.01 Å². The van der Waals surface area contributed by atoms with E-state index in [1.807, 2.05) is 12.3 Å². The van der Waals surface area contributed by atoms with Gasteiger partial charge in [-0.25, -0.2) is 4.98 Å². The molecule has 0 aliphatic carbocycles. The third-order valence-corrected chi connectivity index (χ3v) is 6.17. The first-order valence-electron chi connectivity index (χ1n) is 6.97. The molecule has 0 amide bonds. The summed E-state index contributed by atoms with van der Waals surface area (Å²) in [5, 5.41) is 2.66. The topological polar surface area (TPSA) is 88.3 Å². The maximum Gasteiger partial charge on any atom is 0.280 e. The van der Waals surface area contributed by atoms with Crippen molar-refractivity contribution in [2.75, 3.05) is 13.1 Å². The van der Waals surface area contributed by atoms with Crippen LogP contribution in [-0.2, 0) is 10.2 Å². The molecule has 1 aliphatic rings. The monoisotopic (exact) mass is 318 g/mol. The fraction of sp³-hybridized carbons (Fsp3) is 0.750. The molecule has 2 atom stereocenters. The maximum atomic E-state index is 12.6. The number of piperidine rings is 1. The van der Waals surface area contributed by atoms with Crippen molar-refractivity contribution < 1.29 is 8.42 Å². The Labute approximate surface area is 124 Å². The van der Waals surface area contributed by atoms with Crippen molar-refractivity contribution >= 4 is 21.5 Å². The van der Waals surface area contributed by atoms with Gasteiger partial charge in [-0.3, -0.25) is 0 Å². The van der Waals surface area contributed by atoms with E-state index in [1.165, 1.54) is 15.6 Å². The molecule has 2 rings (SSSR count). The molecular formula is C12H22N4O2S2. The predicted molar refractivity (Wildman–Crippen MR) is 80.6 cm³/mol. The second kappa shape index (κ2) is 6.95. The smallest absolute Gasteiger partial charge is 0.280 e. The molecule has 0 radical (unpaired) electrons. The highest BCUT2D eigenvalue weighted by atomic mass is 32.2. The van der Waals surface area contributed by atoms with Crippen molar-refractivity contribution in [1.29, 1.82) is 0 Å². The molecule has 1 aliphatic heterocycles. The fourth-order valence-electron chi connectivity index (χ4n) is 2.49. The van der Waals surface area contributed by atoms with E-state index in [4.69, 9.17) is 5.73 Å². The Hall–Kier alpha value is -0.540. The summed E-state index contributed by atoms with van der Waals surface area (Å²) in [6, 6.07) is -0.351. The molecule has 1 aromatic heterocycles. The zero-order valence-corrected chi connectivity index (χ0v) is 13.3. The van der Waals surface area contributed by atoms with E-state index in [0.717, 1.165) is 24.3 Å². The van der Waals surface area contributed by atoms with Crippen molar-refractivity contribution in [3.8, 4) is 0 Å². The van der Waals surface area contributed by atoms with Crippen LogP contribution >= 0.6 is 11.3 Å². The number of nitrogens with one attached hydrogen (secondary N) is 1. The summed E-state index contributed by atoms with van der Waals surface area (Å²) in [4.78, 5) is 4.20. The molecule has 0 bridgehead atoms. The molecule has 0 aromatic carbocycles. The van der Waals surface area contributed by atoms with Gasteiger partial charge in [0.25, 0.3) is 10.2 Å². The van der Waals surface area contributed by atoms with Crippen LogP contribution in [0.4, 0.5) is 0 Å². The van der Waals surface area contributed by atoms with Crippen LogP contribution in [-0.4, -0.2) is 36.8 Å². The highest BCUT2D eigenvalue weighted by molar-refractivity contribution is 7.87. The van der Waals surface area contributed by atoms with Crippen molar-refractivity contribution in [3.05, 3.63) is 16.6 Å². The lowest BCUT2D eigenvalue weighted by atomic mass is 10.1. The molecule has 0 saturated carbocycles. The lowest BCUT2D eigenvalue weighted by molar-refractivity contribution is 0.253. The third kappa shape index (κ3) is 3.56. The van der Waals surface area contributed by atoms with Gasteiger partial charge in [-0.1, -0.05) is 13.3 Å². The second-order valence-electron chi connectivity index (χ2n) is 4.95. The van der Waals surface area contributed by atoms with Gasteiger partial charge in [-0.2, -0.15) is 17.4 Å². The Bertz CT molecular complexity index is 504. The summed E-state index contributed by atoms with van der Waals surface area (Å²) in [6.45, 7) is 2.87. The first-order valence-corrected chi connectivity index (χ1v) is 9.29. The molecule has 0 spiro atoms. The summed E-state index contributed by atoms with van der Waals surface area (Å²) in [7, 11) is -3.51. The molecule has 1 aromatic rings. The van der Waals surface area contributed by atoms with Gasteiger partial charge in [0.15, 0.2) is 0 Å². The lowest BCUT2D eigenvalue weighted by Gasteiger charge is -2.34. The van der Waals surface area contributed by atoms with Crippen molar-refractivity contribution in [1.82, 2.24) is 14.0 Å². The number of rotatable bonds is 6. The van der Waals surface area contributed by atoms with Gasteiger partial charge in [-0.05, 0) is 19.3 Å². The third-order valence-electron chi connectivity index (χ3n) is 3.60. The molecular weight excluding hydrogens is 296 g/mol. The van der Waals surface area contributed by atoms with Crippen LogP contribution in [0.2, 0.25) is 0 Å². The second-order valence-corrected chi connectivity index (χ2v) is 7.53. The molecule has 20 heavy (non-hydrogen) atoms. The van der Waals surface area contributed by atoms with Gasteiger partial charge >= 0.3 is 0 Å². The van der Waals surface area contributed by atoms with Gasteiger partial charge in [0.05, 0.1) is 6.04 Å². The Morgan fingerprint density at radius 1 is 1.60 bits per heavy atom. The lowest BCUT2D eigenvalue weighted by Crippen LogP contribution is -2.52. The molecule has 2 heterocycles. The van der Waals surface area contributed by atoms with Crippen molar-refractivity contribution in [2.45, 2.75) is 44.7 Å². The van der Waals surface area contributed by atoms with Gasteiger partial charge in [0, 0.05) is 30.7 Å². The average Bonchev–Trinajstić information content (AvgIpc) is 2.98. The number of nitrogens with two attached hydrogens (primary N) is 1. The number of thiazole rings is 1. The number of aromatic nitrogens is 1. The summed E-state index contributed by atoms with van der Waals surface area (Å²) < 4.78 is 29.4. The normalized spacial score (nSPS) is 22.8. The first-order chi connectivity index (χ1) is 9.58.